The van der Waals surface area contributed by atoms with Gasteiger partial charge in [-0.05, 0) is 32.0 Å². The maximum Gasteiger partial charge on any atom is 0.243 e. The molecule has 1 atom stereocenters. The Hall–Kier alpha value is -1.84. The van der Waals surface area contributed by atoms with Crippen molar-refractivity contribution >= 4 is 21.6 Å². The van der Waals surface area contributed by atoms with Gasteiger partial charge in [-0.2, -0.15) is 0 Å². The number of methoxy groups -OCH3 is 1. The van der Waals surface area contributed by atoms with E-state index in [2.05, 4.69) is 10.2 Å². The number of carbonyl (C=O) groups is 1. The molecule has 2 rings (SSSR count). The molecule has 0 unspecified atom stereocenters. The Kier molecular flexibility index (Phi) is 7.88. The molecular weight excluding hydrogens is 370 g/mol. The van der Waals surface area contributed by atoms with Gasteiger partial charge in [-0.15, -0.1) is 0 Å². The second-order valence-corrected chi connectivity index (χ2v) is 8.39. The van der Waals surface area contributed by atoms with Gasteiger partial charge < -0.3 is 14.8 Å². The summed E-state index contributed by atoms with van der Waals surface area (Å²) < 4.78 is 36.2. The number of ether oxygens (including phenoxy) is 2. The molecule has 1 heterocycles. The van der Waals surface area contributed by atoms with E-state index < -0.39 is 16.1 Å². The Balaban J connectivity index is 1.95. The molecule has 8 nitrogen and oxygen atoms in total. The second-order valence-electron chi connectivity index (χ2n) is 6.53. The normalized spacial score (nSPS) is 16.6. The number of anilines is 1. The Morgan fingerprint density at radius 2 is 2.07 bits per heavy atom. The van der Waals surface area contributed by atoms with Crippen molar-refractivity contribution in [1.29, 1.82) is 0 Å². The van der Waals surface area contributed by atoms with Gasteiger partial charge in [0.1, 0.15) is 11.8 Å². The lowest BCUT2D eigenvalue weighted by atomic mass is 10.2. The van der Waals surface area contributed by atoms with E-state index in [1.807, 2.05) is 0 Å². The van der Waals surface area contributed by atoms with Gasteiger partial charge in [0.15, 0.2) is 0 Å². The Bertz CT molecular complexity index is 719. The molecule has 1 saturated heterocycles. The van der Waals surface area contributed by atoms with Crippen LogP contribution in [-0.4, -0.2) is 78.0 Å². The maximum atomic E-state index is 12.5. The van der Waals surface area contributed by atoms with E-state index in [1.54, 1.807) is 31.2 Å². The number of amides is 1. The molecule has 1 aromatic rings. The van der Waals surface area contributed by atoms with Gasteiger partial charge in [0.2, 0.25) is 15.9 Å². The molecular formula is C18H29N3O5S. The summed E-state index contributed by atoms with van der Waals surface area (Å²) in [5.74, 6) is 0.199. The fourth-order valence-corrected chi connectivity index (χ4v) is 4.21. The van der Waals surface area contributed by atoms with Crippen LogP contribution < -0.4 is 14.4 Å². The van der Waals surface area contributed by atoms with Crippen LogP contribution in [0, 0.1) is 0 Å². The maximum absolute atomic E-state index is 12.5. The van der Waals surface area contributed by atoms with Gasteiger partial charge in [-0.3, -0.25) is 14.0 Å². The first-order chi connectivity index (χ1) is 12.8. The summed E-state index contributed by atoms with van der Waals surface area (Å²) in [6.07, 6.45) is 1.89. The average molecular weight is 400 g/mol. The second kappa shape index (κ2) is 9.91. The molecule has 1 N–H and O–H groups in total. The zero-order chi connectivity index (χ0) is 19.9. The van der Waals surface area contributed by atoms with E-state index in [4.69, 9.17) is 9.47 Å². The molecule has 0 radical (unpaired) electrons. The largest absolute Gasteiger partial charge is 0.497 e. The van der Waals surface area contributed by atoms with Gasteiger partial charge in [-0.1, -0.05) is 6.07 Å². The van der Waals surface area contributed by atoms with Crippen molar-refractivity contribution in [2.45, 2.75) is 19.4 Å². The van der Waals surface area contributed by atoms with Gasteiger partial charge in [0.25, 0.3) is 0 Å². The minimum Gasteiger partial charge on any atom is -0.497 e. The number of nitrogens with one attached hydrogen (secondary N) is 1. The molecule has 0 aliphatic carbocycles. The van der Waals surface area contributed by atoms with Crippen molar-refractivity contribution in [2.24, 2.45) is 0 Å². The van der Waals surface area contributed by atoms with Crippen LogP contribution in [-0.2, 0) is 19.6 Å². The molecule has 1 aromatic carbocycles. The number of benzene rings is 1. The quantitative estimate of drug-likeness (QED) is 0.615. The zero-order valence-corrected chi connectivity index (χ0v) is 17.0. The van der Waals surface area contributed by atoms with E-state index in [0.29, 0.717) is 18.0 Å². The van der Waals surface area contributed by atoms with Crippen molar-refractivity contribution in [2.75, 3.05) is 57.1 Å². The number of sulfonamides is 1. The van der Waals surface area contributed by atoms with Crippen LogP contribution in [0.15, 0.2) is 24.3 Å². The highest BCUT2D eigenvalue weighted by Crippen LogP contribution is 2.25. The topological polar surface area (TPSA) is 88.2 Å². The zero-order valence-electron chi connectivity index (χ0n) is 16.2. The molecule has 1 fully saturated rings. The van der Waals surface area contributed by atoms with Crippen LogP contribution in [0.3, 0.4) is 0 Å². The summed E-state index contributed by atoms with van der Waals surface area (Å²) in [5.41, 5.74) is 0.396. The van der Waals surface area contributed by atoms with Crippen molar-refractivity contribution in [3.63, 3.8) is 0 Å². The lowest BCUT2D eigenvalue weighted by Gasteiger charge is -2.29. The lowest BCUT2D eigenvalue weighted by Crippen LogP contribution is -2.48. The molecule has 27 heavy (non-hydrogen) atoms. The molecule has 0 spiro atoms. The molecule has 0 aromatic heterocycles. The van der Waals surface area contributed by atoms with Crippen molar-refractivity contribution < 1.29 is 22.7 Å². The van der Waals surface area contributed by atoms with Crippen LogP contribution in [0.25, 0.3) is 0 Å². The van der Waals surface area contributed by atoms with Crippen LogP contribution in [0.4, 0.5) is 5.69 Å². The molecule has 9 heteroatoms. The van der Waals surface area contributed by atoms with Gasteiger partial charge in [0, 0.05) is 25.7 Å². The van der Waals surface area contributed by atoms with Gasteiger partial charge in [-0.25, -0.2) is 8.42 Å². The van der Waals surface area contributed by atoms with Crippen LogP contribution in [0.1, 0.15) is 13.3 Å². The first-order valence-corrected chi connectivity index (χ1v) is 10.9. The number of rotatable bonds is 9. The minimum atomic E-state index is -3.64. The molecule has 0 bridgehead atoms. The van der Waals surface area contributed by atoms with Gasteiger partial charge >= 0.3 is 0 Å². The Labute approximate surface area is 161 Å². The summed E-state index contributed by atoms with van der Waals surface area (Å²) in [7, 11) is -2.13. The minimum absolute atomic E-state index is 0.328. The third kappa shape index (κ3) is 6.37. The number of hydrogen-bond donors (Lipinski definition) is 1. The van der Waals surface area contributed by atoms with Crippen LogP contribution in [0.5, 0.6) is 5.75 Å². The average Bonchev–Trinajstić information content (AvgIpc) is 2.65. The fraction of sp³-hybridized carbons (Fsp3) is 0.611. The number of morpholine rings is 1. The highest BCUT2D eigenvalue weighted by Gasteiger charge is 2.29. The SMILES string of the molecule is COc1cccc(N([C@@H](C)C(=O)NCCCN2CCOCC2)S(C)(=O)=O)c1. The van der Waals surface area contributed by atoms with Crippen molar-refractivity contribution in [1.82, 2.24) is 10.2 Å². The van der Waals surface area contributed by atoms with E-state index in [0.717, 1.165) is 49.8 Å². The van der Waals surface area contributed by atoms with E-state index in [9.17, 15) is 13.2 Å². The number of carbonyl (C=O) groups excluding carboxylic acids is 1. The van der Waals surface area contributed by atoms with E-state index in [-0.39, 0.29) is 5.91 Å². The molecule has 0 saturated carbocycles. The predicted molar refractivity (Wildman–Crippen MR) is 105 cm³/mol. The predicted octanol–water partition coefficient (Wildman–Crippen LogP) is 0.688. The third-order valence-corrected chi connectivity index (χ3v) is 5.69. The Morgan fingerprint density at radius 1 is 1.37 bits per heavy atom. The monoisotopic (exact) mass is 399 g/mol. The Morgan fingerprint density at radius 3 is 2.70 bits per heavy atom. The third-order valence-electron chi connectivity index (χ3n) is 4.45. The molecule has 1 aliphatic heterocycles. The summed E-state index contributed by atoms with van der Waals surface area (Å²) in [6.45, 7) is 6.25. The summed E-state index contributed by atoms with van der Waals surface area (Å²) in [4.78, 5) is 14.8. The molecule has 152 valence electrons. The van der Waals surface area contributed by atoms with Gasteiger partial charge in [0.05, 0.1) is 32.3 Å². The standard InChI is InChI=1S/C18H29N3O5S/c1-15(18(22)19-8-5-9-20-10-12-26-13-11-20)21(27(3,23)24)16-6-4-7-17(14-16)25-2/h4,6-7,14-15H,5,8-13H2,1-3H3,(H,19,22)/t15-/m0/s1. The summed E-state index contributed by atoms with van der Waals surface area (Å²) >= 11 is 0. The van der Waals surface area contributed by atoms with Crippen LogP contribution >= 0.6 is 0 Å². The highest BCUT2D eigenvalue weighted by atomic mass is 32.2. The first-order valence-electron chi connectivity index (χ1n) is 9.04. The highest BCUT2D eigenvalue weighted by molar-refractivity contribution is 7.92. The van der Waals surface area contributed by atoms with Crippen LogP contribution in [0.2, 0.25) is 0 Å². The smallest absolute Gasteiger partial charge is 0.243 e. The van der Waals surface area contributed by atoms with Crippen molar-refractivity contribution in [3.8, 4) is 5.75 Å². The summed E-state index contributed by atoms with van der Waals surface area (Å²) in [6, 6.07) is 5.80. The first kappa shape index (κ1) is 21.5. The van der Waals surface area contributed by atoms with Crippen molar-refractivity contribution in [3.05, 3.63) is 24.3 Å². The van der Waals surface area contributed by atoms with E-state index >= 15 is 0 Å². The fourth-order valence-electron chi connectivity index (χ4n) is 3.04. The molecule has 1 amide bonds. The number of hydrogen-bond acceptors (Lipinski definition) is 6. The summed E-state index contributed by atoms with van der Waals surface area (Å²) in [5, 5.41) is 2.84. The van der Waals surface area contributed by atoms with E-state index in [1.165, 1.54) is 7.11 Å². The number of nitrogens with zero attached hydrogens (tertiary/aromatic N) is 2. The molecule has 1 aliphatic rings. The lowest BCUT2D eigenvalue weighted by molar-refractivity contribution is -0.121.